The van der Waals surface area contributed by atoms with Gasteiger partial charge in [-0.3, -0.25) is 0 Å². The standard InChI is InChI=1S/C12H22Cl2O4S2/c1-2-19(15,16)6-3-5-12(9-13,10-14)11-4-7-20(17,18)8-11/h11H,2-10H2,1H3. The van der Waals surface area contributed by atoms with Crippen LogP contribution in [0.15, 0.2) is 0 Å². The Balaban J connectivity index is 2.73. The summed E-state index contributed by atoms with van der Waals surface area (Å²) in [6.07, 6.45) is 1.61. The van der Waals surface area contributed by atoms with Gasteiger partial charge in [0.05, 0.1) is 17.3 Å². The van der Waals surface area contributed by atoms with Crippen molar-refractivity contribution in [3.63, 3.8) is 0 Å². The highest BCUT2D eigenvalue weighted by molar-refractivity contribution is 7.91. The number of sulfone groups is 2. The molecule has 0 N–H and O–H groups in total. The van der Waals surface area contributed by atoms with Gasteiger partial charge in [-0.25, -0.2) is 16.8 Å². The summed E-state index contributed by atoms with van der Waals surface area (Å²) >= 11 is 12.1. The van der Waals surface area contributed by atoms with E-state index in [1.807, 2.05) is 0 Å². The first kappa shape index (κ1) is 18.5. The average molecular weight is 365 g/mol. The predicted molar refractivity (Wildman–Crippen MR) is 84.2 cm³/mol. The molecule has 0 spiro atoms. The van der Waals surface area contributed by atoms with Gasteiger partial charge in [-0.1, -0.05) is 6.92 Å². The van der Waals surface area contributed by atoms with Gasteiger partial charge < -0.3 is 0 Å². The van der Waals surface area contributed by atoms with E-state index in [-0.39, 0.29) is 40.7 Å². The molecule has 0 aliphatic carbocycles. The van der Waals surface area contributed by atoms with Crippen molar-refractivity contribution in [2.24, 2.45) is 11.3 Å². The number of hydrogen-bond acceptors (Lipinski definition) is 4. The number of rotatable bonds is 8. The summed E-state index contributed by atoms with van der Waals surface area (Å²) in [5, 5.41) is 0. The van der Waals surface area contributed by atoms with Crippen molar-refractivity contribution >= 4 is 42.9 Å². The molecule has 0 bridgehead atoms. The Morgan fingerprint density at radius 1 is 1.25 bits per heavy atom. The van der Waals surface area contributed by atoms with Gasteiger partial charge in [0.25, 0.3) is 0 Å². The SMILES string of the molecule is CCS(=O)(=O)CCCC(CCl)(CCl)C1CCS(=O)(=O)C1. The molecule has 1 atom stereocenters. The van der Waals surface area contributed by atoms with Crippen LogP contribution in [0.2, 0.25) is 0 Å². The van der Waals surface area contributed by atoms with Crippen molar-refractivity contribution in [3.8, 4) is 0 Å². The normalized spacial score (nSPS) is 23.1. The lowest BCUT2D eigenvalue weighted by Gasteiger charge is -2.35. The van der Waals surface area contributed by atoms with Crippen molar-refractivity contribution in [1.29, 1.82) is 0 Å². The highest BCUT2D eigenvalue weighted by atomic mass is 35.5. The number of halogens is 2. The zero-order chi connectivity index (χ0) is 15.4. The molecule has 0 aromatic heterocycles. The molecule has 0 aromatic rings. The maximum atomic E-state index is 11.6. The fourth-order valence-electron chi connectivity index (χ4n) is 2.66. The zero-order valence-corrected chi connectivity index (χ0v) is 14.8. The second-order valence-corrected chi connectivity index (χ2v) is 10.8. The van der Waals surface area contributed by atoms with E-state index in [4.69, 9.17) is 23.2 Å². The van der Waals surface area contributed by atoms with Crippen LogP contribution in [0.5, 0.6) is 0 Å². The minimum atomic E-state index is -3.01. The molecule has 120 valence electrons. The molecule has 1 aliphatic heterocycles. The van der Waals surface area contributed by atoms with Crippen molar-refractivity contribution in [2.45, 2.75) is 26.2 Å². The Morgan fingerprint density at radius 3 is 2.25 bits per heavy atom. The topological polar surface area (TPSA) is 68.3 Å². The smallest absolute Gasteiger partial charge is 0.150 e. The van der Waals surface area contributed by atoms with Gasteiger partial charge in [0.15, 0.2) is 9.84 Å². The highest BCUT2D eigenvalue weighted by Crippen LogP contribution is 2.42. The van der Waals surface area contributed by atoms with Crippen molar-refractivity contribution < 1.29 is 16.8 Å². The lowest BCUT2D eigenvalue weighted by molar-refractivity contribution is 0.225. The number of alkyl halides is 2. The molecule has 20 heavy (non-hydrogen) atoms. The molecule has 1 heterocycles. The minimum absolute atomic E-state index is 0.0631. The van der Waals surface area contributed by atoms with E-state index >= 15 is 0 Å². The zero-order valence-electron chi connectivity index (χ0n) is 11.6. The second-order valence-electron chi connectivity index (χ2n) is 5.57. The van der Waals surface area contributed by atoms with Gasteiger partial charge in [0, 0.05) is 22.9 Å². The Morgan fingerprint density at radius 2 is 1.85 bits per heavy atom. The molecule has 4 nitrogen and oxygen atoms in total. The molecular formula is C12H22Cl2O4S2. The molecule has 0 amide bonds. The fraction of sp³-hybridized carbons (Fsp3) is 1.00. The first-order chi connectivity index (χ1) is 9.20. The first-order valence-electron chi connectivity index (χ1n) is 6.73. The molecule has 1 unspecified atom stereocenters. The van der Waals surface area contributed by atoms with Crippen molar-refractivity contribution in [2.75, 3.05) is 34.8 Å². The van der Waals surface area contributed by atoms with E-state index in [9.17, 15) is 16.8 Å². The van der Waals surface area contributed by atoms with Crippen LogP contribution in [0.1, 0.15) is 26.2 Å². The third-order valence-electron chi connectivity index (χ3n) is 4.20. The van der Waals surface area contributed by atoms with E-state index in [1.54, 1.807) is 6.92 Å². The highest BCUT2D eigenvalue weighted by Gasteiger charge is 2.43. The minimum Gasteiger partial charge on any atom is -0.229 e. The van der Waals surface area contributed by atoms with Crippen molar-refractivity contribution in [1.82, 2.24) is 0 Å². The number of hydrogen-bond donors (Lipinski definition) is 0. The Labute approximate surface area is 132 Å². The van der Waals surface area contributed by atoms with E-state index in [1.165, 1.54) is 0 Å². The van der Waals surface area contributed by atoms with Crippen LogP contribution >= 0.6 is 23.2 Å². The van der Waals surface area contributed by atoms with Gasteiger partial charge in [-0.05, 0) is 25.2 Å². The summed E-state index contributed by atoms with van der Waals surface area (Å²) in [5.74, 6) is 1.00. The first-order valence-corrected chi connectivity index (χ1v) is 11.4. The van der Waals surface area contributed by atoms with Crippen LogP contribution in [0.3, 0.4) is 0 Å². The second kappa shape index (κ2) is 7.16. The quantitative estimate of drug-likeness (QED) is 0.618. The van der Waals surface area contributed by atoms with Gasteiger partial charge >= 0.3 is 0 Å². The molecule has 1 rings (SSSR count). The maximum absolute atomic E-state index is 11.6. The average Bonchev–Trinajstić information content (AvgIpc) is 2.76. The summed E-state index contributed by atoms with van der Waals surface area (Å²) in [7, 11) is -6.00. The predicted octanol–water partition coefficient (Wildman–Crippen LogP) is 2.10. The lowest BCUT2D eigenvalue weighted by atomic mass is 9.75. The van der Waals surface area contributed by atoms with Gasteiger partial charge in [0.2, 0.25) is 0 Å². The summed E-state index contributed by atoms with van der Waals surface area (Å²) in [4.78, 5) is 0. The fourth-order valence-corrected chi connectivity index (χ4v) is 6.46. The van der Waals surface area contributed by atoms with Crippen LogP contribution in [0, 0.1) is 11.3 Å². The summed E-state index contributed by atoms with van der Waals surface area (Å²) in [6.45, 7) is 1.62. The maximum Gasteiger partial charge on any atom is 0.150 e. The van der Waals surface area contributed by atoms with Crippen LogP contribution < -0.4 is 0 Å². The monoisotopic (exact) mass is 364 g/mol. The van der Waals surface area contributed by atoms with Crippen molar-refractivity contribution in [3.05, 3.63) is 0 Å². The molecule has 0 aromatic carbocycles. The largest absolute Gasteiger partial charge is 0.229 e. The Hall–Kier alpha value is 0.480. The van der Waals surface area contributed by atoms with Crippen LogP contribution in [-0.2, 0) is 19.7 Å². The van der Waals surface area contributed by atoms with Crippen LogP contribution in [-0.4, -0.2) is 51.6 Å². The summed E-state index contributed by atoms with van der Waals surface area (Å²) in [6, 6.07) is 0. The molecule has 1 aliphatic rings. The van der Waals surface area contributed by atoms with Crippen LogP contribution in [0.4, 0.5) is 0 Å². The molecule has 1 saturated heterocycles. The molecule has 8 heteroatoms. The summed E-state index contributed by atoms with van der Waals surface area (Å²) in [5.41, 5.74) is -0.476. The van der Waals surface area contributed by atoms with E-state index in [0.29, 0.717) is 19.3 Å². The van der Waals surface area contributed by atoms with Gasteiger partial charge in [-0.15, -0.1) is 23.2 Å². The van der Waals surface area contributed by atoms with Gasteiger partial charge in [-0.2, -0.15) is 0 Å². The molecular weight excluding hydrogens is 343 g/mol. The lowest BCUT2D eigenvalue weighted by Crippen LogP contribution is -2.36. The summed E-state index contributed by atoms with van der Waals surface area (Å²) < 4.78 is 46.3. The van der Waals surface area contributed by atoms with E-state index < -0.39 is 25.1 Å². The third-order valence-corrected chi connectivity index (χ3v) is 8.82. The molecule has 1 fully saturated rings. The molecule has 0 radical (unpaired) electrons. The Kier molecular flexibility index (Phi) is 6.63. The van der Waals surface area contributed by atoms with Crippen LogP contribution in [0.25, 0.3) is 0 Å². The van der Waals surface area contributed by atoms with E-state index in [0.717, 1.165) is 0 Å². The molecule has 0 saturated carbocycles. The van der Waals surface area contributed by atoms with E-state index in [2.05, 4.69) is 0 Å². The van der Waals surface area contributed by atoms with Gasteiger partial charge in [0.1, 0.15) is 9.84 Å². The third kappa shape index (κ3) is 4.75. The Bertz CT molecular complexity index is 510.